The summed E-state index contributed by atoms with van der Waals surface area (Å²) < 4.78 is 22.4. The molecule has 0 fully saturated rings. The van der Waals surface area contributed by atoms with Crippen LogP contribution in [0.5, 0.6) is 0 Å². The number of sulfone groups is 1. The lowest BCUT2D eigenvalue weighted by Gasteiger charge is -2.04. The third-order valence-corrected chi connectivity index (χ3v) is 3.29. The molecule has 0 bridgehead atoms. The van der Waals surface area contributed by atoms with E-state index < -0.39 is 9.84 Å². The Hall–Kier alpha value is -1.36. The van der Waals surface area contributed by atoms with E-state index in [0.717, 1.165) is 5.56 Å². The standard InChI is InChI=1S/C11H15NO3S/c1-3-11(13)12-8-9-4-6-10(7-5-9)16(2,14)15/h4-7H,3,8H2,1-2H3,(H,12,13). The highest BCUT2D eigenvalue weighted by Crippen LogP contribution is 2.10. The van der Waals surface area contributed by atoms with Crippen LogP contribution in [0.4, 0.5) is 0 Å². The van der Waals surface area contributed by atoms with Gasteiger partial charge < -0.3 is 5.32 Å². The highest BCUT2D eigenvalue weighted by Gasteiger charge is 2.06. The summed E-state index contributed by atoms with van der Waals surface area (Å²) in [5.74, 6) is -0.0211. The largest absolute Gasteiger partial charge is 0.352 e. The molecule has 1 aromatic rings. The third-order valence-electron chi connectivity index (χ3n) is 2.16. The van der Waals surface area contributed by atoms with Crippen LogP contribution >= 0.6 is 0 Å². The molecule has 0 unspecified atom stereocenters. The molecule has 0 aliphatic rings. The zero-order valence-corrected chi connectivity index (χ0v) is 10.2. The van der Waals surface area contributed by atoms with Gasteiger partial charge in [-0.25, -0.2) is 8.42 Å². The fourth-order valence-corrected chi connectivity index (χ4v) is 1.81. The number of amides is 1. The molecule has 0 aliphatic carbocycles. The first-order valence-electron chi connectivity index (χ1n) is 4.99. The molecule has 5 heteroatoms. The summed E-state index contributed by atoms with van der Waals surface area (Å²) in [5, 5.41) is 2.72. The zero-order valence-electron chi connectivity index (χ0n) is 9.36. The van der Waals surface area contributed by atoms with Crippen molar-refractivity contribution in [3.63, 3.8) is 0 Å². The average Bonchev–Trinajstić information content (AvgIpc) is 2.25. The monoisotopic (exact) mass is 241 g/mol. The predicted molar refractivity (Wildman–Crippen MR) is 61.7 cm³/mol. The van der Waals surface area contributed by atoms with Crippen molar-refractivity contribution >= 4 is 15.7 Å². The number of hydrogen-bond donors (Lipinski definition) is 1. The molecule has 0 aromatic heterocycles. The second kappa shape index (κ2) is 5.12. The molecule has 88 valence electrons. The highest BCUT2D eigenvalue weighted by molar-refractivity contribution is 7.90. The second-order valence-electron chi connectivity index (χ2n) is 3.55. The molecule has 0 radical (unpaired) electrons. The molecule has 1 N–H and O–H groups in total. The van der Waals surface area contributed by atoms with Gasteiger partial charge in [0.2, 0.25) is 5.91 Å². The second-order valence-corrected chi connectivity index (χ2v) is 5.56. The van der Waals surface area contributed by atoms with Gasteiger partial charge in [0.15, 0.2) is 9.84 Å². The highest BCUT2D eigenvalue weighted by atomic mass is 32.2. The van der Waals surface area contributed by atoms with E-state index in [4.69, 9.17) is 0 Å². The fourth-order valence-electron chi connectivity index (χ4n) is 1.18. The topological polar surface area (TPSA) is 63.2 Å². The molecule has 16 heavy (non-hydrogen) atoms. The van der Waals surface area contributed by atoms with E-state index in [1.807, 2.05) is 0 Å². The first-order chi connectivity index (χ1) is 7.43. The smallest absolute Gasteiger partial charge is 0.219 e. The Balaban J connectivity index is 2.69. The quantitative estimate of drug-likeness (QED) is 0.859. The Morgan fingerprint density at radius 1 is 1.25 bits per heavy atom. The lowest BCUT2D eigenvalue weighted by molar-refractivity contribution is -0.120. The van der Waals surface area contributed by atoms with Gasteiger partial charge in [-0.15, -0.1) is 0 Å². The summed E-state index contributed by atoms with van der Waals surface area (Å²) in [6, 6.07) is 6.49. The minimum Gasteiger partial charge on any atom is -0.352 e. The van der Waals surface area contributed by atoms with Crippen molar-refractivity contribution in [3.05, 3.63) is 29.8 Å². The van der Waals surface area contributed by atoms with Crippen LogP contribution in [-0.2, 0) is 21.2 Å². The number of carbonyl (C=O) groups excluding carboxylic acids is 1. The molecule has 1 amide bonds. The van der Waals surface area contributed by atoms with Gasteiger partial charge >= 0.3 is 0 Å². The molecule has 1 rings (SSSR count). The van der Waals surface area contributed by atoms with Crippen LogP contribution in [0.15, 0.2) is 29.2 Å². The lowest BCUT2D eigenvalue weighted by Crippen LogP contribution is -2.21. The summed E-state index contributed by atoms with van der Waals surface area (Å²) in [6.45, 7) is 2.21. The van der Waals surface area contributed by atoms with E-state index in [1.165, 1.54) is 6.26 Å². The normalized spacial score (nSPS) is 11.1. The molecular weight excluding hydrogens is 226 g/mol. The first kappa shape index (κ1) is 12.7. The van der Waals surface area contributed by atoms with E-state index in [0.29, 0.717) is 13.0 Å². The predicted octanol–water partition coefficient (Wildman–Crippen LogP) is 1.12. The van der Waals surface area contributed by atoms with Crippen molar-refractivity contribution < 1.29 is 13.2 Å². The summed E-state index contributed by atoms with van der Waals surface area (Å²) in [5.41, 5.74) is 0.884. The van der Waals surface area contributed by atoms with Crippen LogP contribution in [-0.4, -0.2) is 20.6 Å². The SMILES string of the molecule is CCC(=O)NCc1ccc(S(C)(=O)=O)cc1. The van der Waals surface area contributed by atoms with E-state index in [9.17, 15) is 13.2 Å². The van der Waals surface area contributed by atoms with Gasteiger partial charge in [-0.3, -0.25) is 4.79 Å². The summed E-state index contributed by atoms with van der Waals surface area (Å²) >= 11 is 0. The van der Waals surface area contributed by atoms with E-state index >= 15 is 0 Å². The average molecular weight is 241 g/mol. The van der Waals surface area contributed by atoms with E-state index in [1.54, 1.807) is 31.2 Å². The Bertz CT molecular complexity index is 463. The van der Waals surface area contributed by atoms with Crippen LogP contribution < -0.4 is 5.32 Å². The molecule has 4 nitrogen and oxygen atoms in total. The molecule has 0 aliphatic heterocycles. The number of benzene rings is 1. The Morgan fingerprint density at radius 3 is 2.25 bits per heavy atom. The number of hydrogen-bond acceptors (Lipinski definition) is 3. The van der Waals surface area contributed by atoms with Gasteiger partial charge in [0.1, 0.15) is 0 Å². The van der Waals surface area contributed by atoms with Gasteiger partial charge in [-0.1, -0.05) is 19.1 Å². The Morgan fingerprint density at radius 2 is 1.81 bits per heavy atom. The van der Waals surface area contributed by atoms with Crippen molar-refractivity contribution in [1.82, 2.24) is 5.32 Å². The number of nitrogens with one attached hydrogen (secondary N) is 1. The first-order valence-corrected chi connectivity index (χ1v) is 6.88. The Labute approximate surface area is 95.6 Å². The van der Waals surface area contributed by atoms with Crippen molar-refractivity contribution in [2.75, 3.05) is 6.26 Å². The third kappa shape index (κ3) is 3.66. The number of carbonyl (C=O) groups is 1. The minimum atomic E-state index is -3.14. The van der Waals surface area contributed by atoms with Crippen LogP contribution in [0.2, 0.25) is 0 Å². The van der Waals surface area contributed by atoms with Gasteiger partial charge in [0, 0.05) is 19.2 Å². The fraction of sp³-hybridized carbons (Fsp3) is 0.364. The summed E-state index contributed by atoms with van der Waals surface area (Å²) in [7, 11) is -3.14. The summed E-state index contributed by atoms with van der Waals surface area (Å²) in [6.07, 6.45) is 1.61. The number of rotatable bonds is 4. The maximum Gasteiger partial charge on any atom is 0.219 e. The van der Waals surface area contributed by atoms with Crippen LogP contribution in [0.3, 0.4) is 0 Å². The van der Waals surface area contributed by atoms with Crippen molar-refractivity contribution in [3.8, 4) is 0 Å². The van der Waals surface area contributed by atoms with Crippen molar-refractivity contribution in [2.45, 2.75) is 24.8 Å². The van der Waals surface area contributed by atoms with E-state index in [2.05, 4.69) is 5.32 Å². The van der Waals surface area contributed by atoms with Crippen molar-refractivity contribution in [1.29, 1.82) is 0 Å². The maximum absolute atomic E-state index is 11.2. The van der Waals surface area contributed by atoms with E-state index in [-0.39, 0.29) is 10.8 Å². The Kier molecular flexibility index (Phi) is 4.06. The minimum absolute atomic E-state index is 0.0211. The molecule has 0 saturated carbocycles. The molecular formula is C11H15NO3S. The molecule has 0 heterocycles. The molecule has 0 saturated heterocycles. The van der Waals surface area contributed by atoms with Gasteiger partial charge in [-0.05, 0) is 17.7 Å². The molecule has 0 spiro atoms. The van der Waals surface area contributed by atoms with Crippen LogP contribution in [0.1, 0.15) is 18.9 Å². The van der Waals surface area contributed by atoms with Gasteiger partial charge in [-0.2, -0.15) is 0 Å². The van der Waals surface area contributed by atoms with Gasteiger partial charge in [0.25, 0.3) is 0 Å². The summed E-state index contributed by atoms with van der Waals surface area (Å²) in [4.78, 5) is 11.3. The molecule has 0 atom stereocenters. The van der Waals surface area contributed by atoms with Gasteiger partial charge in [0.05, 0.1) is 4.90 Å². The van der Waals surface area contributed by atoms with Crippen molar-refractivity contribution in [2.24, 2.45) is 0 Å². The van der Waals surface area contributed by atoms with Crippen LogP contribution in [0, 0.1) is 0 Å². The zero-order chi connectivity index (χ0) is 12.2. The maximum atomic E-state index is 11.2. The molecule has 1 aromatic carbocycles. The van der Waals surface area contributed by atoms with Crippen LogP contribution in [0.25, 0.3) is 0 Å². The lowest BCUT2D eigenvalue weighted by atomic mass is 10.2.